The predicted octanol–water partition coefficient (Wildman–Crippen LogP) is 2.71. The number of halogens is 1. The minimum absolute atomic E-state index is 0.106. The van der Waals surface area contributed by atoms with Gasteiger partial charge in [0.25, 0.3) is 0 Å². The van der Waals surface area contributed by atoms with Crippen molar-refractivity contribution in [3.05, 3.63) is 35.4 Å². The summed E-state index contributed by atoms with van der Waals surface area (Å²) in [6, 6.07) is 3.72. The van der Waals surface area contributed by atoms with E-state index >= 15 is 0 Å². The highest BCUT2D eigenvalue weighted by molar-refractivity contribution is 6.10. The van der Waals surface area contributed by atoms with Crippen molar-refractivity contribution in [2.45, 2.75) is 43.6 Å². The molecule has 130 valence electrons. The average Bonchev–Trinajstić information content (AvgIpc) is 3.30. The van der Waals surface area contributed by atoms with Crippen LogP contribution < -0.4 is 10.6 Å². The number of hydrogen-bond donors (Lipinski definition) is 2. The van der Waals surface area contributed by atoms with Crippen LogP contribution in [0.15, 0.2) is 23.3 Å². The summed E-state index contributed by atoms with van der Waals surface area (Å²) in [6.45, 7) is 0.996. The number of aliphatic imine (C=N–C) groups is 1. The topological polar surface area (TPSA) is 67.1 Å². The molecular weight excluding hydrogens is 319 g/mol. The van der Waals surface area contributed by atoms with Gasteiger partial charge in [-0.05, 0) is 49.9 Å². The van der Waals surface area contributed by atoms with Gasteiger partial charge in [0.15, 0.2) is 0 Å². The largest absolute Gasteiger partial charge is 0.343 e. The Bertz CT molecular complexity index is 860. The van der Waals surface area contributed by atoms with Gasteiger partial charge >= 0.3 is 0 Å². The molecule has 7 heteroatoms. The minimum atomic E-state index is -0.264. The smallest absolute Gasteiger partial charge is 0.149 e. The molecule has 1 saturated heterocycles. The number of hydrogen-bond acceptors (Lipinski definition) is 4. The lowest BCUT2D eigenvalue weighted by Crippen LogP contribution is -2.41. The second kappa shape index (κ2) is 5.36. The zero-order valence-corrected chi connectivity index (χ0v) is 14.2. The highest BCUT2D eigenvalue weighted by Crippen LogP contribution is 2.52. The van der Waals surface area contributed by atoms with Crippen molar-refractivity contribution in [3.8, 4) is 5.69 Å². The molecule has 1 atom stereocenters. The highest BCUT2D eigenvalue weighted by atomic mass is 19.1. The molecule has 5 rings (SSSR count). The molecule has 1 aromatic heterocycles. The summed E-state index contributed by atoms with van der Waals surface area (Å²) in [7, 11) is 1.80. The van der Waals surface area contributed by atoms with Crippen LogP contribution in [0.1, 0.15) is 49.4 Å². The summed E-state index contributed by atoms with van der Waals surface area (Å²) < 4.78 is 16.4. The molecule has 0 amide bonds. The fraction of sp³-hybridized carbons (Fsp3) is 0.500. The van der Waals surface area contributed by atoms with Crippen molar-refractivity contribution in [1.82, 2.24) is 20.3 Å². The normalized spacial score (nSPS) is 25.2. The SMILES string of the molecule is CN=C1Nc2cc(-n3cc([C@@H]4CCCN4)nn3)c(F)cc2C12CCC2. The van der Waals surface area contributed by atoms with Gasteiger partial charge in [-0.3, -0.25) is 4.99 Å². The molecular formula is C18H21FN6. The molecule has 1 saturated carbocycles. The van der Waals surface area contributed by atoms with Gasteiger partial charge in [-0.1, -0.05) is 11.6 Å². The van der Waals surface area contributed by atoms with Crippen LogP contribution in [0, 0.1) is 5.82 Å². The van der Waals surface area contributed by atoms with Gasteiger partial charge in [-0.2, -0.15) is 0 Å². The fourth-order valence-corrected chi connectivity index (χ4v) is 4.41. The van der Waals surface area contributed by atoms with Crippen LogP contribution in [0.4, 0.5) is 10.1 Å². The third-order valence-electron chi connectivity index (χ3n) is 5.91. The molecule has 2 aromatic rings. The Hall–Kier alpha value is -2.28. The van der Waals surface area contributed by atoms with Gasteiger partial charge in [-0.25, -0.2) is 9.07 Å². The molecule has 3 aliphatic rings. The summed E-state index contributed by atoms with van der Waals surface area (Å²) in [5, 5.41) is 15.2. The Labute approximate surface area is 145 Å². The van der Waals surface area contributed by atoms with Crippen LogP contribution in [0.2, 0.25) is 0 Å². The van der Waals surface area contributed by atoms with Gasteiger partial charge in [0.1, 0.15) is 23.0 Å². The summed E-state index contributed by atoms with van der Waals surface area (Å²) >= 11 is 0. The summed E-state index contributed by atoms with van der Waals surface area (Å²) in [6.07, 6.45) is 7.22. The standard InChI is InChI=1S/C18H21FN6/c1-20-17-18(5-3-6-18)11-8-12(19)16(9-14(11)22-17)25-10-15(23-24-25)13-4-2-7-21-13/h8-10,13,21H,2-7H2,1H3,(H,20,22)/t13-/m0/s1. The number of amidine groups is 1. The number of fused-ring (bicyclic) bond motifs is 2. The molecule has 25 heavy (non-hydrogen) atoms. The van der Waals surface area contributed by atoms with Crippen molar-refractivity contribution in [3.63, 3.8) is 0 Å². The van der Waals surface area contributed by atoms with Crippen molar-refractivity contribution in [2.24, 2.45) is 4.99 Å². The van der Waals surface area contributed by atoms with Crippen molar-refractivity contribution >= 4 is 11.5 Å². The third kappa shape index (κ3) is 2.08. The number of anilines is 1. The average molecular weight is 340 g/mol. The molecule has 0 radical (unpaired) electrons. The Morgan fingerprint density at radius 1 is 1.32 bits per heavy atom. The van der Waals surface area contributed by atoms with E-state index in [1.165, 1.54) is 0 Å². The van der Waals surface area contributed by atoms with E-state index in [0.29, 0.717) is 5.69 Å². The van der Waals surface area contributed by atoms with Crippen molar-refractivity contribution in [2.75, 3.05) is 18.9 Å². The molecule has 2 fully saturated rings. The van der Waals surface area contributed by atoms with Crippen LogP contribution in [0.3, 0.4) is 0 Å². The maximum absolute atomic E-state index is 14.9. The Balaban J connectivity index is 1.54. The lowest BCUT2D eigenvalue weighted by atomic mass is 9.65. The van der Waals surface area contributed by atoms with Crippen LogP contribution in [-0.2, 0) is 5.41 Å². The molecule has 1 spiro atoms. The molecule has 1 aliphatic carbocycles. The third-order valence-corrected chi connectivity index (χ3v) is 5.91. The minimum Gasteiger partial charge on any atom is -0.343 e. The number of aromatic nitrogens is 3. The number of nitrogens with zero attached hydrogens (tertiary/aromatic N) is 4. The van der Waals surface area contributed by atoms with E-state index in [1.807, 2.05) is 12.3 Å². The first kappa shape index (κ1) is 15.0. The van der Waals surface area contributed by atoms with E-state index in [9.17, 15) is 4.39 Å². The second-order valence-electron chi connectivity index (χ2n) is 7.22. The fourth-order valence-electron chi connectivity index (χ4n) is 4.41. The van der Waals surface area contributed by atoms with E-state index in [1.54, 1.807) is 17.8 Å². The van der Waals surface area contributed by atoms with Gasteiger partial charge < -0.3 is 10.6 Å². The van der Waals surface area contributed by atoms with Crippen LogP contribution in [-0.4, -0.2) is 34.4 Å². The van der Waals surface area contributed by atoms with Crippen molar-refractivity contribution in [1.29, 1.82) is 0 Å². The molecule has 2 aliphatic heterocycles. The van der Waals surface area contributed by atoms with Crippen LogP contribution >= 0.6 is 0 Å². The first-order chi connectivity index (χ1) is 12.2. The molecule has 3 heterocycles. The van der Waals surface area contributed by atoms with E-state index in [2.05, 4.69) is 25.9 Å². The highest BCUT2D eigenvalue weighted by Gasteiger charge is 2.49. The van der Waals surface area contributed by atoms with E-state index in [-0.39, 0.29) is 17.3 Å². The maximum atomic E-state index is 14.9. The predicted molar refractivity (Wildman–Crippen MR) is 93.8 cm³/mol. The molecule has 0 bridgehead atoms. The number of nitrogens with one attached hydrogen (secondary N) is 2. The van der Waals surface area contributed by atoms with Crippen molar-refractivity contribution < 1.29 is 4.39 Å². The summed E-state index contributed by atoms with van der Waals surface area (Å²) in [5.74, 6) is 0.694. The van der Waals surface area contributed by atoms with E-state index in [0.717, 1.165) is 61.4 Å². The Kier molecular flexibility index (Phi) is 3.22. The lowest BCUT2D eigenvalue weighted by Gasteiger charge is -2.38. The second-order valence-corrected chi connectivity index (χ2v) is 7.22. The van der Waals surface area contributed by atoms with Gasteiger partial charge in [0.2, 0.25) is 0 Å². The van der Waals surface area contributed by atoms with E-state index in [4.69, 9.17) is 0 Å². The summed E-state index contributed by atoms with van der Waals surface area (Å²) in [5.41, 5.74) is 3.16. The molecule has 2 N–H and O–H groups in total. The van der Waals surface area contributed by atoms with E-state index < -0.39 is 0 Å². The maximum Gasteiger partial charge on any atom is 0.149 e. The first-order valence-corrected chi connectivity index (χ1v) is 8.95. The quantitative estimate of drug-likeness (QED) is 0.882. The summed E-state index contributed by atoms with van der Waals surface area (Å²) in [4.78, 5) is 4.41. The molecule has 0 unspecified atom stereocenters. The Morgan fingerprint density at radius 2 is 2.20 bits per heavy atom. The monoisotopic (exact) mass is 340 g/mol. The zero-order valence-electron chi connectivity index (χ0n) is 14.2. The van der Waals surface area contributed by atoms with Gasteiger partial charge in [0, 0.05) is 12.7 Å². The number of benzene rings is 1. The van der Waals surface area contributed by atoms with Crippen LogP contribution in [0.5, 0.6) is 0 Å². The van der Waals surface area contributed by atoms with Crippen LogP contribution in [0.25, 0.3) is 5.69 Å². The molecule has 1 aromatic carbocycles. The van der Waals surface area contributed by atoms with Gasteiger partial charge in [0.05, 0.1) is 17.7 Å². The first-order valence-electron chi connectivity index (χ1n) is 8.95. The zero-order chi connectivity index (χ0) is 17.0. The Morgan fingerprint density at radius 3 is 2.88 bits per heavy atom. The lowest BCUT2D eigenvalue weighted by molar-refractivity contribution is 0.346. The molecule has 6 nitrogen and oxygen atoms in total. The number of rotatable bonds is 2. The van der Waals surface area contributed by atoms with Gasteiger partial charge in [-0.15, -0.1) is 5.10 Å².